The minimum Gasteiger partial charge on any atom is -0.494 e. The fourth-order valence-corrected chi connectivity index (χ4v) is 5.13. The highest BCUT2D eigenvalue weighted by Crippen LogP contribution is 2.35. The quantitative estimate of drug-likeness (QED) is 0.653. The highest BCUT2D eigenvalue weighted by Gasteiger charge is 2.33. The minimum atomic E-state index is -0.250. The largest absolute Gasteiger partial charge is 0.494 e. The number of nitrogens with zero attached hydrogens (tertiary/aromatic N) is 5. The molecular weight excluding hydrogens is 392 g/mol. The molecule has 0 amide bonds. The first-order valence-electron chi connectivity index (χ1n) is 11.6. The lowest BCUT2D eigenvalue weighted by molar-refractivity contribution is 0.174. The molecule has 2 fully saturated rings. The predicted octanol–water partition coefficient (Wildman–Crippen LogP) is 3.60. The van der Waals surface area contributed by atoms with Crippen LogP contribution in [0.25, 0.3) is 10.9 Å². The van der Waals surface area contributed by atoms with Gasteiger partial charge in [-0.05, 0) is 80.4 Å². The standard InChI is InChI=1S/C23H30N6O2/c1-2-31-18-10-11-20-16(14-18)15-19(23(30)24-20)21(28-12-6-3-7-13-28)22-25-26-27-29(22)17-8-4-5-9-17/h10-11,14-15,17,21H,2-9,12-13H2,1H3,(H,24,30)/t21-/m0/s1. The molecule has 1 aliphatic carbocycles. The van der Waals surface area contributed by atoms with Crippen LogP contribution in [0.5, 0.6) is 5.75 Å². The number of hydrogen-bond donors (Lipinski definition) is 1. The second kappa shape index (κ2) is 8.78. The first kappa shape index (κ1) is 20.2. The summed E-state index contributed by atoms with van der Waals surface area (Å²) in [6.07, 6.45) is 8.07. The summed E-state index contributed by atoms with van der Waals surface area (Å²) in [6.45, 7) is 4.46. The summed E-state index contributed by atoms with van der Waals surface area (Å²) in [5, 5.41) is 13.8. The second-order valence-corrected chi connectivity index (χ2v) is 8.65. The van der Waals surface area contributed by atoms with Gasteiger partial charge in [-0.3, -0.25) is 9.69 Å². The third kappa shape index (κ3) is 3.96. The van der Waals surface area contributed by atoms with Crippen molar-refractivity contribution in [2.75, 3.05) is 19.7 Å². The second-order valence-electron chi connectivity index (χ2n) is 8.65. The number of piperidine rings is 1. The molecule has 2 aliphatic rings. The van der Waals surface area contributed by atoms with E-state index in [2.05, 4.69) is 25.4 Å². The third-order valence-corrected chi connectivity index (χ3v) is 6.64. The number of nitrogens with one attached hydrogen (secondary N) is 1. The zero-order valence-corrected chi connectivity index (χ0v) is 18.1. The number of likely N-dealkylation sites (tertiary alicyclic amines) is 1. The number of benzene rings is 1. The van der Waals surface area contributed by atoms with E-state index in [0.717, 1.165) is 61.2 Å². The van der Waals surface area contributed by atoms with E-state index in [9.17, 15) is 4.79 Å². The highest BCUT2D eigenvalue weighted by molar-refractivity contribution is 5.80. The maximum Gasteiger partial charge on any atom is 0.253 e. The molecule has 5 rings (SSSR count). The monoisotopic (exact) mass is 422 g/mol. The number of rotatable bonds is 6. The topological polar surface area (TPSA) is 88.9 Å². The van der Waals surface area contributed by atoms with Gasteiger partial charge in [0.2, 0.25) is 0 Å². The van der Waals surface area contributed by atoms with Crippen molar-refractivity contribution in [3.63, 3.8) is 0 Å². The molecule has 8 nitrogen and oxygen atoms in total. The van der Waals surface area contributed by atoms with Gasteiger partial charge in [-0.15, -0.1) is 5.10 Å². The van der Waals surface area contributed by atoms with Crippen LogP contribution < -0.4 is 10.3 Å². The van der Waals surface area contributed by atoms with E-state index in [0.29, 0.717) is 18.2 Å². The summed E-state index contributed by atoms with van der Waals surface area (Å²) in [5.41, 5.74) is 1.44. The normalized spacial score (nSPS) is 19.1. The fraction of sp³-hybridized carbons (Fsp3) is 0.565. The van der Waals surface area contributed by atoms with E-state index < -0.39 is 0 Å². The summed E-state index contributed by atoms with van der Waals surface area (Å²) in [6, 6.07) is 7.87. The Morgan fingerprint density at radius 1 is 1.13 bits per heavy atom. The molecule has 1 aliphatic heterocycles. The molecule has 1 saturated carbocycles. The van der Waals surface area contributed by atoms with Gasteiger partial charge in [-0.25, -0.2) is 4.68 Å². The van der Waals surface area contributed by atoms with Crippen molar-refractivity contribution in [1.29, 1.82) is 0 Å². The van der Waals surface area contributed by atoms with Gasteiger partial charge in [-0.2, -0.15) is 0 Å². The summed E-state index contributed by atoms with van der Waals surface area (Å²) in [4.78, 5) is 18.7. The molecule has 164 valence electrons. The van der Waals surface area contributed by atoms with E-state index >= 15 is 0 Å². The predicted molar refractivity (Wildman–Crippen MR) is 118 cm³/mol. The smallest absolute Gasteiger partial charge is 0.253 e. The molecule has 1 saturated heterocycles. The van der Waals surface area contributed by atoms with Crippen LogP contribution in [0.2, 0.25) is 0 Å². The van der Waals surface area contributed by atoms with Crippen LogP contribution in [0.4, 0.5) is 0 Å². The maximum absolute atomic E-state index is 13.3. The van der Waals surface area contributed by atoms with Crippen LogP contribution in [-0.2, 0) is 0 Å². The van der Waals surface area contributed by atoms with Crippen LogP contribution in [0.15, 0.2) is 29.1 Å². The first-order valence-corrected chi connectivity index (χ1v) is 11.6. The molecule has 3 aromatic rings. The number of hydrogen-bond acceptors (Lipinski definition) is 6. The van der Waals surface area contributed by atoms with E-state index in [-0.39, 0.29) is 11.6 Å². The van der Waals surface area contributed by atoms with Gasteiger partial charge >= 0.3 is 0 Å². The summed E-state index contributed by atoms with van der Waals surface area (Å²) >= 11 is 0. The van der Waals surface area contributed by atoms with Crippen molar-refractivity contribution in [1.82, 2.24) is 30.1 Å². The van der Waals surface area contributed by atoms with Crippen LogP contribution in [0.3, 0.4) is 0 Å². The van der Waals surface area contributed by atoms with E-state index in [1.165, 1.54) is 19.3 Å². The Balaban J connectivity index is 1.63. The lowest BCUT2D eigenvalue weighted by atomic mass is 10.00. The molecule has 8 heteroatoms. The molecule has 1 aromatic carbocycles. The third-order valence-electron chi connectivity index (χ3n) is 6.64. The lowest BCUT2D eigenvalue weighted by Gasteiger charge is -2.34. The van der Waals surface area contributed by atoms with Crippen LogP contribution in [-0.4, -0.2) is 49.8 Å². The van der Waals surface area contributed by atoms with Crippen LogP contribution in [0, 0.1) is 0 Å². The molecule has 2 aromatic heterocycles. The Kier molecular flexibility index (Phi) is 5.72. The molecular formula is C23H30N6O2. The average Bonchev–Trinajstić information content (AvgIpc) is 3.48. The summed E-state index contributed by atoms with van der Waals surface area (Å²) < 4.78 is 7.67. The van der Waals surface area contributed by atoms with Gasteiger partial charge in [0.05, 0.1) is 12.6 Å². The SMILES string of the molecule is CCOc1ccc2[nH]c(=O)c([C@@H](c3nnnn3C3CCCC3)N3CCCCC3)cc2c1. The Bertz CT molecular complexity index is 1090. The highest BCUT2D eigenvalue weighted by atomic mass is 16.5. The molecule has 1 atom stereocenters. The number of fused-ring (bicyclic) bond motifs is 1. The van der Waals surface area contributed by atoms with Gasteiger partial charge in [0.25, 0.3) is 5.56 Å². The number of aromatic nitrogens is 5. The van der Waals surface area contributed by atoms with E-state index in [1.807, 2.05) is 35.9 Å². The van der Waals surface area contributed by atoms with Crippen molar-refractivity contribution in [3.8, 4) is 5.75 Å². The van der Waals surface area contributed by atoms with Crippen LogP contribution >= 0.6 is 0 Å². The Morgan fingerprint density at radius 2 is 1.94 bits per heavy atom. The van der Waals surface area contributed by atoms with Gasteiger partial charge in [0.1, 0.15) is 11.8 Å². The Morgan fingerprint density at radius 3 is 2.71 bits per heavy atom. The van der Waals surface area contributed by atoms with Crippen LogP contribution in [0.1, 0.15) is 75.3 Å². The molecule has 0 radical (unpaired) electrons. The minimum absolute atomic E-state index is 0.0757. The molecule has 0 bridgehead atoms. The molecule has 3 heterocycles. The van der Waals surface area contributed by atoms with Gasteiger partial charge in [0, 0.05) is 16.5 Å². The van der Waals surface area contributed by atoms with Gasteiger partial charge in [0.15, 0.2) is 5.82 Å². The van der Waals surface area contributed by atoms with Crippen molar-refractivity contribution < 1.29 is 4.74 Å². The van der Waals surface area contributed by atoms with Crippen molar-refractivity contribution in [3.05, 3.63) is 46.0 Å². The van der Waals surface area contributed by atoms with E-state index in [4.69, 9.17) is 4.74 Å². The lowest BCUT2D eigenvalue weighted by Crippen LogP contribution is -2.38. The number of ether oxygens (including phenoxy) is 1. The molecule has 0 spiro atoms. The average molecular weight is 423 g/mol. The Labute approximate surface area is 181 Å². The summed E-state index contributed by atoms with van der Waals surface area (Å²) in [5.74, 6) is 1.60. The number of pyridine rings is 1. The van der Waals surface area contributed by atoms with Gasteiger partial charge in [-0.1, -0.05) is 19.3 Å². The number of H-pyrrole nitrogens is 1. The zero-order chi connectivity index (χ0) is 21.2. The molecule has 1 N–H and O–H groups in total. The zero-order valence-electron chi connectivity index (χ0n) is 18.1. The van der Waals surface area contributed by atoms with Crippen molar-refractivity contribution in [2.45, 2.75) is 64.0 Å². The molecule has 31 heavy (non-hydrogen) atoms. The summed E-state index contributed by atoms with van der Waals surface area (Å²) in [7, 11) is 0. The molecule has 0 unspecified atom stereocenters. The van der Waals surface area contributed by atoms with Crippen molar-refractivity contribution >= 4 is 10.9 Å². The first-order chi connectivity index (χ1) is 15.2. The fourth-order valence-electron chi connectivity index (χ4n) is 5.13. The van der Waals surface area contributed by atoms with Crippen molar-refractivity contribution in [2.24, 2.45) is 0 Å². The van der Waals surface area contributed by atoms with E-state index in [1.54, 1.807) is 0 Å². The Hall–Kier alpha value is -2.74. The number of aromatic amines is 1. The maximum atomic E-state index is 13.3. The van der Waals surface area contributed by atoms with Gasteiger partial charge < -0.3 is 9.72 Å². The number of tetrazole rings is 1.